The smallest absolute Gasteiger partial charge is 0.187 e. The number of rotatable bonds is 10. The first kappa shape index (κ1) is 74.6. The van der Waals surface area contributed by atoms with Gasteiger partial charge in [0.25, 0.3) is 0 Å². The van der Waals surface area contributed by atoms with Gasteiger partial charge in [-0.15, -0.1) is 0 Å². The fourth-order valence-corrected chi connectivity index (χ4v) is 12.2. The minimum Gasteiger partial charge on any atom is -0.394 e. The summed E-state index contributed by atoms with van der Waals surface area (Å²) in [5, 5.41) is 267. The van der Waals surface area contributed by atoms with Crippen LogP contribution in [-0.2, 0) is 80.5 Å². The van der Waals surface area contributed by atoms with Gasteiger partial charge >= 0.3 is 0 Å². The summed E-state index contributed by atoms with van der Waals surface area (Å²) in [6.07, 6.45) is -82.4. The van der Waals surface area contributed by atoms with Crippen LogP contribution in [-0.4, -0.2) is 427 Å². The molecule has 30 heterocycles. The van der Waals surface area contributed by atoms with E-state index >= 15 is 0 Å². The second-order valence-corrected chi connectivity index (χ2v) is 24.0. The lowest BCUT2D eigenvalue weighted by atomic mass is 9.94. The van der Waals surface area contributed by atoms with Gasteiger partial charge in [-0.25, -0.2) is 0 Å². The van der Waals surface area contributed by atoms with E-state index in [4.69, 9.17) is 80.5 Å². The molecule has 536 valence electrons. The van der Waals surface area contributed by atoms with Crippen LogP contribution in [0.5, 0.6) is 0 Å². The second-order valence-electron chi connectivity index (χ2n) is 24.0. The van der Waals surface area contributed by atoms with Gasteiger partial charge in [-0.2, -0.15) is 0 Å². The minimum absolute atomic E-state index is 0.771. The number of aliphatic hydroxyl groups excluding tert-OH is 23. The highest BCUT2D eigenvalue weighted by molar-refractivity contribution is 5.02. The van der Waals surface area contributed by atoms with E-state index in [0.717, 1.165) is 0 Å². The van der Waals surface area contributed by atoms with Gasteiger partial charge in [0.2, 0.25) is 0 Å². The van der Waals surface area contributed by atoms with E-state index in [1.165, 1.54) is 13.8 Å². The first-order valence-electron chi connectivity index (χ1n) is 29.5. The van der Waals surface area contributed by atoms with Crippen molar-refractivity contribution >= 4 is 0 Å². The first-order valence-corrected chi connectivity index (χ1v) is 29.5. The molecule has 0 unspecified atom stereocenters. The van der Waals surface area contributed by atoms with Crippen molar-refractivity contribution in [2.75, 3.05) is 52.9 Å². The molecule has 0 saturated carbocycles. The average molecular weight is 1360 g/mol. The molecular formula is C51H86O41. The summed E-state index contributed by atoms with van der Waals surface area (Å²) >= 11 is 0. The van der Waals surface area contributed by atoms with E-state index in [1.54, 1.807) is 0 Å². The molecule has 0 spiro atoms. The molecule has 24 N–H and O–H groups in total. The third kappa shape index (κ3) is 15.2. The topological polar surface area (TPSA) is 642 Å². The predicted octanol–water partition coefficient (Wildman–Crippen LogP) is -16.7. The third-order valence-corrected chi connectivity index (χ3v) is 17.3. The summed E-state index contributed by atoms with van der Waals surface area (Å²) in [5.41, 5.74) is 0. The summed E-state index contributed by atoms with van der Waals surface area (Å²) in [5.74, 6) is -1.96. The Morgan fingerprint density at radius 2 is 0.348 bits per heavy atom. The van der Waals surface area contributed by atoms with Gasteiger partial charge in [-0.1, -0.05) is 0 Å². The minimum atomic E-state index is -2.27. The van der Waals surface area contributed by atoms with E-state index in [1.807, 2.05) is 0 Å². The fraction of sp³-hybridized carbons (Fsp3) is 1.00. The maximum Gasteiger partial charge on any atom is 0.187 e. The largest absolute Gasteiger partial charge is 0.394 e. The molecule has 0 aromatic heterocycles. The molecule has 41 heteroatoms. The zero-order valence-electron chi connectivity index (χ0n) is 48.9. The first-order chi connectivity index (χ1) is 43.5. The molecular weight excluding hydrogens is 1270 g/mol. The molecule has 30 aliphatic rings. The summed E-state index contributed by atoms with van der Waals surface area (Å²) in [6.45, 7) is -6.03. The lowest BCUT2D eigenvalue weighted by Crippen LogP contribution is -2.69. The molecule has 0 radical (unpaired) electrons. The predicted molar refractivity (Wildman–Crippen MR) is 276 cm³/mol. The molecule has 41 nitrogen and oxygen atoms in total. The van der Waals surface area contributed by atoms with Crippen LogP contribution in [0, 0.1) is 0 Å². The molecule has 40 atom stereocenters. The Morgan fingerprint density at radius 1 is 0.217 bits per heavy atom. The van der Waals surface area contributed by atoms with Gasteiger partial charge in [-0.05, 0) is 13.8 Å². The number of aliphatic hydroxyl groups is 24. The van der Waals surface area contributed by atoms with Crippen molar-refractivity contribution in [2.24, 2.45) is 0 Å². The average Bonchev–Trinajstić information content (AvgIpc) is 0.784. The van der Waals surface area contributed by atoms with Crippen molar-refractivity contribution in [1.82, 2.24) is 0 Å². The van der Waals surface area contributed by atoms with Crippen LogP contribution >= 0.6 is 0 Å². The zero-order chi connectivity index (χ0) is 67.3. The van der Waals surface area contributed by atoms with Crippen LogP contribution < -0.4 is 0 Å². The van der Waals surface area contributed by atoms with Crippen molar-refractivity contribution in [3.8, 4) is 0 Å². The summed E-state index contributed by atoms with van der Waals surface area (Å²) in [7, 11) is 0. The van der Waals surface area contributed by atoms with Crippen molar-refractivity contribution in [3.05, 3.63) is 0 Å². The molecule has 0 aromatic rings. The fourth-order valence-electron chi connectivity index (χ4n) is 12.2. The molecule has 30 fully saturated rings. The van der Waals surface area contributed by atoms with Gasteiger partial charge in [0.05, 0.1) is 52.9 Å². The Kier molecular flexibility index (Phi) is 25.4. The van der Waals surface area contributed by atoms with Crippen molar-refractivity contribution in [2.45, 2.75) is 265 Å². The van der Waals surface area contributed by atoms with Crippen LogP contribution in [0.2, 0.25) is 0 Å². The van der Waals surface area contributed by atoms with Crippen LogP contribution in [0.4, 0.5) is 0 Å². The molecule has 0 aliphatic carbocycles. The summed E-state index contributed by atoms with van der Waals surface area (Å²) < 4.78 is 97.5. The maximum atomic E-state index is 11.7. The van der Waals surface area contributed by atoms with E-state index in [9.17, 15) is 123 Å². The standard InChI is InChI=1S/C51H86O41/c1-51(2,75)76-10-18-42-26(66)34(74)50(84-18)91-41-17(9-58)82-48(32(72)24(41)64)89-39-15(7-56)80-46(30(70)22(39)62)87-37-13(5-54)78-44(28(68)20(37)60)85-35-11(3-52)77-43(27(67)19(35)59)86-36-12(4-53)79-45(29(69)21(36)61)88-38-14(6-55)81-47(31(71)23(38)63)90-40-16(8-57)83-49(92-42)33(73)25(40)65/h11-50,52-75H,3-10H2,1-2H3/t11-,12-,13-,14-,15-,16-,17-,18-,19-,20-,21-,22-,23-,24-,25-,26-,27-,28-,29-,30-,31-,32-,33-,34-,35-,36-,37-,38-,39-,40-,41-,42-,43-,44-,45-,46-,47-,48-,49-,50-/m1/s1. The number of hydrogen-bond acceptors (Lipinski definition) is 41. The van der Waals surface area contributed by atoms with Gasteiger partial charge in [-0.3, -0.25) is 0 Å². The Labute approximate surface area is 520 Å². The molecule has 30 rings (SSSR count). The van der Waals surface area contributed by atoms with E-state index in [2.05, 4.69) is 0 Å². The van der Waals surface area contributed by atoms with E-state index in [-0.39, 0.29) is 0 Å². The highest BCUT2D eigenvalue weighted by atomic mass is 16.8. The SMILES string of the molecule is CC(C)(O)OC[C@H]1O[C@@H]2O[C@H]3[C@H](O)[C@@H](O)[C@@H](O[C@H]4[C@H](O)[C@@H](O)[C@@H](O[C@H]5[C@H](O)[C@@H](O)[C@@H](O[C@H]6[C@H](O)[C@@H](O)[C@@H](O[C@H]7[C@H](O)[C@@H](O)[C@@H](O[C@H]8[C@H](O)[C@@H](O)[C@@H](O[C@H]9[C@H](O)[C@@H](O)[C@@H](O[C@H]1[C@H](O)[C@H]2O)O[C@@H]9CO)O[C@@H]8CO)O[C@@H]7CO)O[C@@H]6CO)O[C@@H]5CO)O[C@@H]4CO)O[C@@H]3CO. The summed E-state index contributed by atoms with van der Waals surface area (Å²) in [6, 6.07) is 0. The summed E-state index contributed by atoms with van der Waals surface area (Å²) in [4.78, 5) is 0. The van der Waals surface area contributed by atoms with Crippen molar-refractivity contribution in [1.29, 1.82) is 0 Å². The molecule has 30 aliphatic heterocycles. The Hall–Kier alpha value is -1.64. The maximum absolute atomic E-state index is 11.7. The van der Waals surface area contributed by atoms with Gasteiger partial charge in [0.1, 0.15) is 195 Å². The highest BCUT2D eigenvalue weighted by Crippen LogP contribution is 2.40. The molecule has 0 amide bonds. The molecule has 30 saturated heterocycles. The van der Waals surface area contributed by atoms with Crippen LogP contribution in [0.15, 0.2) is 0 Å². The highest BCUT2D eigenvalue weighted by Gasteiger charge is 2.60. The molecule has 0 aromatic carbocycles. The quantitative estimate of drug-likeness (QED) is 0.0903. The van der Waals surface area contributed by atoms with Crippen LogP contribution in [0.3, 0.4) is 0 Å². The van der Waals surface area contributed by atoms with E-state index < -0.39 is 304 Å². The van der Waals surface area contributed by atoms with Gasteiger partial charge in [0.15, 0.2) is 56.1 Å². The Balaban J connectivity index is 0.993. The van der Waals surface area contributed by atoms with Gasteiger partial charge < -0.3 is 203 Å². The molecule has 92 heavy (non-hydrogen) atoms. The third-order valence-electron chi connectivity index (χ3n) is 17.3. The Morgan fingerprint density at radius 3 is 0.478 bits per heavy atom. The second kappa shape index (κ2) is 31.3. The Bertz CT molecular complexity index is 2250. The van der Waals surface area contributed by atoms with Crippen molar-refractivity contribution < 1.29 is 203 Å². The van der Waals surface area contributed by atoms with Crippen LogP contribution in [0.25, 0.3) is 0 Å². The van der Waals surface area contributed by atoms with E-state index in [0.29, 0.717) is 0 Å². The van der Waals surface area contributed by atoms with Gasteiger partial charge in [0, 0.05) is 0 Å². The zero-order valence-corrected chi connectivity index (χ0v) is 48.9. The normalized spacial score (nSPS) is 53.7. The number of ether oxygens (including phenoxy) is 17. The van der Waals surface area contributed by atoms with Crippen molar-refractivity contribution in [3.63, 3.8) is 0 Å². The van der Waals surface area contributed by atoms with Crippen LogP contribution in [0.1, 0.15) is 13.8 Å². The monoisotopic (exact) mass is 1350 g/mol. The lowest BCUT2D eigenvalue weighted by molar-refractivity contribution is -0.404. The lowest BCUT2D eigenvalue weighted by Gasteiger charge is -2.50. The molecule has 16 bridgehead atoms. The number of hydrogen-bond donors (Lipinski definition) is 24.